The average Bonchev–Trinajstić information content (AvgIpc) is 2.75. The first-order chi connectivity index (χ1) is 15.8. The minimum absolute atomic E-state index is 0.127. The van der Waals surface area contributed by atoms with Gasteiger partial charge in [0.05, 0.1) is 5.56 Å². The van der Waals surface area contributed by atoms with E-state index >= 15 is 0 Å². The number of ether oxygens (including phenoxy) is 1. The predicted molar refractivity (Wildman–Crippen MR) is 124 cm³/mol. The van der Waals surface area contributed by atoms with Gasteiger partial charge in [-0.25, -0.2) is 9.59 Å². The number of nitrogens with one attached hydrogen (secondary N) is 2. The summed E-state index contributed by atoms with van der Waals surface area (Å²) in [7, 11) is 0. The molecule has 0 spiro atoms. The maximum atomic E-state index is 12.8. The summed E-state index contributed by atoms with van der Waals surface area (Å²) in [6.07, 6.45) is 0. The van der Waals surface area contributed by atoms with Crippen molar-refractivity contribution in [2.45, 2.75) is 20.5 Å². The molecule has 4 rings (SSSR count). The highest BCUT2D eigenvalue weighted by atomic mass is 16.5. The van der Waals surface area contributed by atoms with Gasteiger partial charge in [0.15, 0.2) is 0 Å². The van der Waals surface area contributed by atoms with E-state index in [0.717, 1.165) is 10.8 Å². The van der Waals surface area contributed by atoms with Crippen LogP contribution in [0.5, 0.6) is 0 Å². The van der Waals surface area contributed by atoms with Crippen molar-refractivity contribution in [1.82, 2.24) is 0 Å². The van der Waals surface area contributed by atoms with Crippen LogP contribution in [0, 0.1) is 0 Å². The molecular formula is C25H20N2O6. The Morgan fingerprint density at radius 3 is 2.21 bits per heavy atom. The second-order valence-corrected chi connectivity index (χ2v) is 7.49. The molecule has 0 aliphatic carbocycles. The smallest absolute Gasteiger partial charge is 0.338 e. The first-order valence-electron chi connectivity index (χ1n) is 10.1. The third kappa shape index (κ3) is 4.90. The first-order valence-corrected chi connectivity index (χ1v) is 10.1. The molecule has 3 aromatic carbocycles. The summed E-state index contributed by atoms with van der Waals surface area (Å²) in [5, 5.41) is 7.68. The summed E-state index contributed by atoms with van der Waals surface area (Å²) in [6, 6.07) is 16.9. The maximum absolute atomic E-state index is 12.8. The fraction of sp³-hybridized carbons (Fsp3) is 0.120. The molecule has 4 aromatic rings. The molecule has 0 unspecified atom stereocenters. The lowest BCUT2D eigenvalue weighted by molar-refractivity contribution is -0.115. The minimum atomic E-state index is -0.685. The van der Waals surface area contributed by atoms with E-state index in [1.165, 1.54) is 38.1 Å². The summed E-state index contributed by atoms with van der Waals surface area (Å²) >= 11 is 0. The molecule has 1 aromatic heterocycles. The lowest BCUT2D eigenvalue weighted by atomic mass is 10.0. The topological polar surface area (TPSA) is 115 Å². The highest BCUT2D eigenvalue weighted by Gasteiger charge is 2.15. The highest BCUT2D eigenvalue weighted by molar-refractivity contribution is 6.07. The van der Waals surface area contributed by atoms with Gasteiger partial charge in [-0.1, -0.05) is 30.3 Å². The number of benzene rings is 3. The molecule has 0 radical (unpaired) electrons. The molecule has 0 atom stereocenters. The van der Waals surface area contributed by atoms with Crippen LogP contribution in [0.4, 0.5) is 11.4 Å². The fourth-order valence-electron chi connectivity index (χ4n) is 3.66. The van der Waals surface area contributed by atoms with Crippen molar-refractivity contribution in [2.24, 2.45) is 0 Å². The van der Waals surface area contributed by atoms with Gasteiger partial charge in [-0.05, 0) is 35.0 Å². The number of hydrogen-bond acceptors (Lipinski definition) is 6. The van der Waals surface area contributed by atoms with Gasteiger partial charge in [0.25, 0.3) is 0 Å². The van der Waals surface area contributed by atoms with Gasteiger partial charge >= 0.3 is 11.6 Å². The Morgan fingerprint density at radius 2 is 1.55 bits per heavy atom. The molecule has 2 N–H and O–H groups in total. The maximum Gasteiger partial charge on any atom is 0.338 e. The van der Waals surface area contributed by atoms with Gasteiger partial charge in [-0.15, -0.1) is 0 Å². The summed E-state index contributed by atoms with van der Waals surface area (Å²) < 4.78 is 10.8. The van der Waals surface area contributed by atoms with Crippen LogP contribution < -0.4 is 16.3 Å². The Balaban J connectivity index is 1.68. The van der Waals surface area contributed by atoms with Crippen molar-refractivity contribution in [2.75, 3.05) is 10.6 Å². The number of esters is 1. The van der Waals surface area contributed by atoms with Gasteiger partial charge in [0, 0.05) is 42.2 Å². The normalized spacial score (nSPS) is 10.7. The molecule has 0 fully saturated rings. The highest BCUT2D eigenvalue weighted by Crippen LogP contribution is 2.28. The Hall–Kier alpha value is -4.46. The van der Waals surface area contributed by atoms with E-state index in [0.29, 0.717) is 27.9 Å². The van der Waals surface area contributed by atoms with Crippen molar-refractivity contribution in [3.63, 3.8) is 0 Å². The predicted octanol–water partition coefficient (Wildman–Crippen LogP) is 4.22. The molecule has 0 aliphatic rings. The lowest BCUT2D eigenvalue weighted by Gasteiger charge is -2.12. The van der Waals surface area contributed by atoms with E-state index in [1.54, 1.807) is 6.07 Å². The number of anilines is 2. The Morgan fingerprint density at radius 1 is 0.879 bits per heavy atom. The molecule has 0 bridgehead atoms. The van der Waals surface area contributed by atoms with E-state index in [-0.39, 0.29) is 24.0 Å². The summed E-state index contributed by atoms with van der Waals surface area (Å²) in [6.45, 7) is 2.49. The van der Waals surface area contributed by atoms with Crippen molar-refractivity contribution < 1.29 is 23.5 Å². The zero-order valence-electron chi connectivity index (χ0n) is 17.9. The average molecular weight is 444 g/mol. The van der Waals surface area contributed by atoms with E-state index in [2.05, 4.69) is 10.6 Å². The second-order valence-electron chi connectivity index (χ2n) is 7.49. The van der Waals surface area contributed by atoms with E-state index < -0.39 is 11.6 Å². The zero-order valence-corrected chi connectivity index (χ0v) is 17.9. The molecule has 166 valence electrons. The molecule has 33 heavy (non-hydrogen) atoms. The van der Waals surface area contributed by atoms with Gasteiger partial charge in [-0.3, -0.25) is 9.59 Å². The monoisotopic (exact) mass is 444 g/mol. The van der Waals surface area contributed by atoms with E-state index in [1.807, 2.05) is 30.3 Å². The largest absolute Gasteiger partial charge is 0.457 e. The molecule has 8 heteroatoms. The quantitative estimate of drug-likeness (QED) is 0.271. The van der Waals surface area contributed by atoms with Crippen LogP contribution in [0.1, 0.15) is 29.8 Å². The van der Waals surface area contributed by atoms with Crippen LogP contribution in [0.3, 0.4) is 0 Å². The number of amides is 2. The van der Waals surface area contributed by atoms with Crippen LogP contribution in [-0.4, -0.2) is 17.8 Å². The number of carbonyl (C=O) groups excluding carboxylic acids is 3. The standard InChI is InChI=1S/C25H20N2O6/c1-14(28)26-19-9-17(10-20(12-19)27-15(2)29)25(31)32-13-18-11-23(30)33-22-8-7-16-5-3-4-6-21(16)24(18)22/h3-12H,13H2,1-2H3,(H,26,28)(H,27,29). The third-order valence-corrected chi connectivity index (χ3v) is 4.88. The molecule has 0 aliphatic heterocycles. The molecular weight excluding hydrogens is 424 g/mol. The van der Waals surface area contributed by atoms with Crippen molar-refractivity contribution in [1.29, 1.82) is 0 Å². The first kappa shape index (κ1) is 21.8. The third-order valence-electron chi connectivity index (χ3n) is 4.88. The van der Waals surface area contributed by atoms with Crippen molar-refractivity contribution in [3.05, 3.63) is 82.2 Å². The van der Waals surface area contributed by atoms with Crippen LogP contribution in [0.25, 0.3) is 21.7 Å². The van der Waals surface area contributed by atoms with Gasteiger partial charge < -0.3 is 19.8 Å². The number of fused-ring (bicyclic) bond motifs is 3. The molecule has 0 saturated heterocycles. The molecule has 0 saturated carbocycles. The number of hydrogen-bond donors (Lipinski definition) is 2. The summed E-state index contributed by atoms with van der Waals surface area (Å²) in [5.41, 5.74) is 1.14. The molecule has 1 heterocycles. The van der Waals surface area contributed by atoms with Crippen molar-refractivity contribution >= 4 is 50.9 Å². The summed E-state index contributed by atoms with van der Waals surface area (Å²) in [5.74, 6) is -1.34. The minimum Gasteiger partial charge on any atom is -0.457 e. The SMILES string of the molecule is CC(=O)Nc1cc(NC(C)=O)cc(C(=O)OCc2cc(=O)oc3ccc4ccccc4c23)c1. The van der Waals surface area contributed by atoms with Gasteiger partial charge in [0.1, 0.15) is 12.2 Å². The van der Waals surface area contributed by atoms with E-state index in [9.17, 15) is 19.2 Å². The Labute approximate surface area is 188 Å². The fourth-order valence-corrected chi connectivity index (χ4v) is 3.66. The van der Waals surface area contributed by atoms with Gasteiger partial charge in [-0.2, -0.15) is 0 Å². The molecule has 2 amide bonds. The van der Waals surface area contributed by atoms with Crippen LogP contribution >= 0.6 is 0 Å². The lowest BCUT2D eigenvalue weighted by Crippen LogP contribution is -2.12. The summed E-state index contributed by atoms with van der Waals surface area (Å²) in [4.78, 5) is 47.8. The van der Waals surface area contributed by atoms with E-state index in [4.69, 9.17) is 9.15 Å². The second kappa shape index (κ2) is 8.96. The van der Waals surface area contributed by atoms with Crippen LogP contribution in [0.2, 0.25) is 0 Å². The molecule has 8 nitrogen and oxygen atoms in total. The van der Waals surface area contributed by atoms with Crippen LogP contribution in [0.15, 0.2) is 69.9 Å². The Bertz CT molecular complexity index is 1440. The van der Waals surface area contributed by atoms with Gasteiger partial charge in [0.2, 0.25) is 11.8 Å². The number of rotatable bonds is 5. The van der Waals surface area contributed by atoms with Crippen LogP contribution in [-0.2, 0) is 20.9 Å². The van der Waals surface area contributed by atoms with Crippen molar-refractivity contribution in [3.8, 4) is 0 Å². The zero-order chi connectivity index (χ0) is 23.5. The Kier molecular flexibility index (Phi) is 5.91. The number of carbonyl (C=O) groups is 3.